The Balaban J connectivity index is 1.56. The number of alkyl carbamates (subject to hydrolysis) is 1. The molecule has 1 spiro atoms. The molecule has 2 aromatic carbocycles. The van der Waals surface area contributed by atoms with Crippen molar-refractivity contribution in [3.8, 4) is 0 Å². The Kier molecular flexibility index (Phi) is 18.8. The fraction of sp³-hybridized carbons (Fsp3) is 0.612. The van der Waals surface area contributed by atoms with Crippen LogP contribution in [0.1, 0.15) is 105 Å². The number of carbonyl (C=O) groups excluding carboxylic acids is 6. The average Bonchev–Trinajstić information content (AvgIpc) is 3.23. The number of ether oxygens (including phenoxy) is 1. The SMILES string of the molecule is CNC(=O)N1CC2(CCN(C(=O)[C@@H](CCCCNC(=O)OC(C)(C)C)NC(=O)[C@@H](CC(C)C)NC(=O)[C@@H](Cc3ccccc3)NC(=O)[C@@H](Cc3ccccc3)N(C(=O)O)C(C)(C)C)CC2)C1. The monoisotopic (exact) mass is 919 g/mol. The smallest absolute Gasteiger partial charge is 0.408 e. The zero-order valence-electron chi connectivity index (χ0n) is 40.4. The topological polar surface area (TPSA) is 219 Å². The first-order chi connectivity index (χ1) is 31.0. The lowest BCUT2D eigenvalue weighted by molar-refractivity contribution is -0.141. The summed E-state index contributed by atoms with van der Waals surface area (Å²) in [6.45, 7) is 16.7. The van der Waals surface area contributed by atoms with Crippen molar-refractivity contribution in [2.75, 3.05) is 39.8 Å². The van der Waals surface area contributed by atoms with Crippen LogP contribution in [0.3, 0.4) is 0 Å². The Bertz CT molecular complexity index is 1950. The maximum atomic E-state index is 14.5. The van der Waals surface area contributed by atoms with Gasteiger partial charge in [-0.1, -0.05) is 74.5 Å². The Labute approximate surface area is 390 Å². The Hall–Kier alpha value is -5.87. The minimum absolute atomic E-state index is 0.0465. The second kappa shape index (κ2) is 23.5. The third-order valence-electron chi connectivity index (χ3n) is 12.0. The molecule has 4 rings (SSSR count). The highest BCUT2D eigenvalue weighted by molar-refractivity contribution is 5.95. The molecule has 8 amide bonds. The van der Waals surface area contributed by atoms with E-state index in [0.717, 1.165) is 16.0 Å². The molecule has 0 aliphatic carbocycles. The van der Waals surface area contributed by atoms with Crippen LogP contribution >= 0.6 is 0 Å². The zero-order chi connectivity index (χ0) is 48.8. The number of urea groups is 1. The van der Waals surface area contributed by atoms with Crippen molar-refractivity contribution < 1.29 is 43.4 Å². The molecule has 17 heteroatoms. The van der Waals surface area contributed by atoms with Crippen molar-refractivity contribution in [3.05, 3.63) is 71.8 Å². The molecule has 2 aromatic rings. The third-order valence-corrected chi connectivity index (χ3v) is 12.0. The summed E-state index contributed by atoms with van der Waals surface area (Å²) in [4.78, 5) is 99.5. The van der Waals surface area contributed by atoms with Gasteiger partial charge in [-0.2, -0.15) is 0 Å². The fourth-order valence-electron chi connectivity index (χ4n) is 8.64. The van der Waals surface area contributed by atoms with E-state index in [4.69, 9.17) is 4.74 Å². The van der Waals surface area contributed by atoms with E-state index in [1.54, 1.807) is 70.5 Å². The van der Waals surface area contributed by atoms with E-state index < -0.39 is 65.2 Å². The van der Waals surface area contributed by atoms with Crippen molar-refractivity contribution in [3.63, 3.8) is 0 Å². The minimum Gasteiger partial charge on any atom is -0.465 e. The van der Waals surface area contributed by atoms with Gasteiger partial charge in [0.1, 0.15) is 29.8 Å². The van der Waals surface area contributed by atoms with Gasteiger partial charge in [0.05, 0.1) is 0 Å². The molecule has 6 N–H and O–H groups in total. The number of piperidine rings is 1. The number of benzene rings is 2. The first-order valence-corrected chi connectivity index (χ1v) is 23.2. The summed E-state index contributed by atoms with van der Waals surface area (Å²) in [5.41, 5.74) is -0.245. The van der Waals surface area contributed by atoms with Crippen molar-refractivity contribution in [2.24, 2.45) is 11.3 Å². The lowest BCUT2D eigenvalue weighted by Gasteiger charge is -2.53. The van der Waals surface area contributed by atoms with Crippen LogP contribution in [0.2, 0.25) is 0 Å². The normalized spacial score (nSPS) is 16.5. The molecule has 364 valence electrons. The first-order valence-electron chi connectivity index (χ1n) is 23.2. The number of rotatable bonds is 19. The van der Waals surface area contributed by atoms with Gasteiger partial charge in [-0.15, -0.1) is 0 Å². The lowest BCUT2D eigenvalue weighted by Crippen LogP contribution is -2.64. The van der Waals surface area contributed by atoms with Gasteiger partial charge >= 0.3 is 18.2 Å². The molecule has 0 saturated carbocycles. The van der Waals surface area contributed by atoms with Gasteiger partial charge in [-0.05, 0) is 97.1 Å². The van der Waals surface area contributed by atoms with Crippen LogP contribution in [0.15, 0.2) is 60.7 Å². The second-order valence-electron chi connectivity index (χ2n) is 20.2. The maximum Gasteiger partial charge on any atom is 0.408 e. The summed E-state index contributed by atoms with van der Waals surface area (Å²) >= 11 is 0. The molecule has 0 aromatic heterocycles. The highest BCUT2D eigenvalue weighted by Crippen LogP contribution is 2.40. The number of carboxylic acid groups (broad SMARTS) is 1. The largest absolute Gasteiger partial charge is 0.465 e. The first kappa shape index (κ1) is 52.8. The number of hydrogen-bond acceptors (Lipinski definition) is 8. The van der Waals surface area contributed by atoms with Crippen LogP contribution < -0.4 is 26.6 Å². The molecule has 2 fully saturated rings. The summed E-state index contributed by atoms with van der Waals surface area (Å²) in [6, 6.07) is 13.5. The van der Waals surface area contributed by atoms with Crippen molar-refractivity contribution in [1.82, 2.24) is 41.3 Å². The van der Waals surface area contributed by atoms with Gasteiger partial charge in [0.15, 0.2) is 0 Å². The second-order valence-corrected chi connectivity index (χ2v) is 20.2. The molecular formula is C49H74N8O9. The van der Waals surface area contributed by atoms with Crippen LogP contribution in [0, 0.1) is 11.3 Å². The van der Waals surface area contributed by atoms with Crippen LogP contribution in [0.25, 0.3) is 0 Å². The van der Waals surface area contributed by atoms with Crippen LogP contribution in [0.4, 0.5) is 14.4 Å². The van der Waals surface area contributed by atoms with Gasteiger partial charge in [-0.3, -0.25) is 24.1 Å². The molecule has 2 heterocycles. The predicted molar refractivity (Wildman–Crippen MR) is 251 cm³/mol. The van der Waals surface area contributed by atoms with E-state index in [1.807, 2.05) is 62.4 Å². The van der Waals surface area contributed by atoms with Crippen LogP contribution in [-0.2, 0) is 36.8 Å². The maximum absolute atomic E-state index is 14.5. The van der Waals surface area contributed by atoms with Crippen molar-refractivity contribution in [2.45, 2.75) is 142 Å². The standard InChI is InChI=1S/C49H74N8O9/c1-33(2)28-37(53-41(59)38(29-34-18-12-10-13-19-34)54-42(60)39(30-35-20-14-11-15-21-35)57(46(64)65)47(3,4)5)40(58)52-36(22-16-17-25-51-45(63)66-48(6,7)8)43(61)55-26-23-49(24-27-55)31-56(32-49)44(62)50-9/h10-15,18-21,33,36-39H,16-17,22-32H2,1-9H3,(H,50,62)(H,51,63)(H,52,58)(H,53,59)(H,54,60)(H,64,65)/t36-,37-,38-,39-/m1/s1. The molecule has 2 saturated heterocycles. The molecule has 0 radical (unpaired) electrons. The predicted octanol–water partition coefficient (Wildman–Crippen LogP) is 5.08. The number of nitrogens with zero attached hydrogens (tertiary/aromatic N) is 3. The van der Waals surface area contributed by atoms with E-state index in [0.29, 0.717) is 58.4 Å². The van der Waals surface area contributed by atoms with E-state index in [-0.39, 0.29) is 49.0 Å². The van der Waals surface area contributed by atoms with Crippen LogP contribution in [-0.4, -0.2) is 137 Å². The quantitative estimate of drug-likeness (QED) is 0.103. The number of amides is 8. The third kappa shape index (κ3) is 15.9. The van der Waals surface area contributed by atoms with E-state index in [9.17, 15) is 38.7 Å². The number of unbranched alkanes of at least 4 members (excludes halogenated alkanes) is 1. The molecule has 66 heavy (non-hydrogen) atoms. The molecule has 0 unspecified atom stereocenters. The molecule has 2 aliphatic heterocycles. The van der Waals surface area contributed by atoms with Gasteiger partial charge in [0.25, 0.3) is 0 Å². The molecule has 0 bridgehead atoms. The highest BCUT2D eigenvalue weighted by Gasteiger charge is 2.48. The lowest BCUT2D eigenvalue weighted by atomic mass is 9.72. The summed E-state index contributed by atoms with van der Waals surface area (Å²) in [7, 11) is 1.60. The summed E-state index contributed by atoms with van der Waals surface area (Å²) in [6.07, 6.45) is 1.13. The average molecular weight is 919 g/mol. The van der Waals surface area contributed by atoms with Crippen LogP contribution in [0.5, 0.6) is 0 Å². The Morgan fingerprint density at radius 2 is 1.26 bits per heavy atom. The van der Waals surface area contributed by atoms with Crippen molar-refractivity contribution in [1.29, 1.82) is 0 Å². The van der Waals surface area contributed by atoms with E-state index >= 15 is 0 Å². The number of likely N-dealkylation sites (tertiary alicyclic amines) is 2. The number of hydrogen-bond donors (Lipinski definition) is 6. The number of carbonyl (C=O) groups is 7. The minimum atomic E-state index is -1.29. The van der Waals surface area contributed by atoms with E-state index in [1.165, 1.54) is 0 Å². The molecule has 2 aliphatic rings. The van der Waals surface area contributed by atoms with Gasteiger partial charge in [-0.25, -0.2) is 14.4 Å². The molecule has 17 nitrogen and oxygen atoms in total. The summed E-state index contributed by atoms with van der Waals surface area (Å²) in [5, 5.41) is 24.6. The highest BCUT2D eigenvalue weighted by atomic mass is 16.6. The van der Waals surface area contributed by atoms with Gasteiger partial charge in [0.2, 0.25) is 23.6 Å². The summed E-state index contributed by atoms with van der Waals surface area (Å²) in [5.74, 6) is -2.20. The van der Waals surface area contributed by atoms with Gasteiger partial charge < -0.3 is 46.2 Å². The van der Waals surface area contributed by atoms with Crippen molar-refractivity contribution >= 4 is 41.8 Å². The molecule has 4 atom stereocenters. The number of nitrogens with one attached hydrogen (secondary N) is 5. The zero-order valence-corrected chi connectivity index (χ0v) is 40.4. The Morgan fingerprint density at radius 3 is 1.77 bits per heavy atom. The van der Waals surface area contributed by atoms with Gasteiger partial charge in [0, 0.05) is 63.6 Å². The molecular weight excluding hydrogens is 845 g/mol. The Morgan fingerprint density at radius 1 is 0.727 bits per heavy atom. The fourth-order valence-corrected chi connectivity index (χ4v) is 8.64. The van der Waals surface area contributed by atoms with E-state index in [2.05, 4.69) is 26.6 Å². The summed E-state index contributed by atoms with van der Waals surface area (Å²) < 4.78 is 5.35.